The van der Waals surface area contributed by atoms with Gasteiger partial charge in [-0.15, -0.1) is 0 Å². The monoisotopic (exact) mass is 239 g/mol. The summed E-state index contributed by atoms with van der Waals surface area (Å²) in [5.41, 5.74) is 0. The normalized spacial score (nSPS) is 22.1. The third kappa shape index (κ3) is 4.26. The lowest BCUT2D eigenvalue weighted by Gasteiger charge is -2.28. The maximum absolute atomic E-state index is 5.14. The van der Waals surface area contributed by atoms with Crippen LogP contribution in [0.25, 0.3) is 0 Å². The molecule has 2 nitrogen and oxygen atoms in total. The van der Waals surface area contributed by atoms with Crippen LogP contribution in [0.4, 0.5) is 0 Å². The smallest absolute Gasteiger partial charge is 0.0462 e. The molecule has 0 aromatic rings. The van der Waals surface area contributed by atoms with Gasteiger partial charge in [0.05, 0.1) is 0 Å². The van der Waals surface area contributed by atoms with Gasteiger partial charge in [0, 0.05) is 19.8 Å². The number of hydrogen-bond donors (Lipinski definition) is 1. The fourth-order valence-corrected chi connectivity index (χ4v) is 3.31. The third-order valence-electron chi connectivity index (χ3n) is 4.38. The molecule has 2 aliphatic carbocycles. The van der Waals surface area contributed by atoms with Gasteiger partial charge in [0.15, 0.2) is 0 Å². The molecule has 1 N–H and O–H groups in total. The van der Waals surface area contributed by atoms with Gasteiger partial charge in [-0.1, -0.05) is 6.92 Å². The average molecular weight is 239 g/mol. The van der Waals surface area contributed by atoms with E-state index in [4.69, 9.17) is 4.74 Å². The molecule has 17 heavy (non-hydrogen) atoms. The Kier molecular flexibility index (Phi) is 5.30. The molecule has 2 heteroatoms. The van der Waals surface area contributed by atoms with Crippen molar-refractivity contribution in [2.24, 2.45) is 17.8 Å². The minimum Gasteiger partial charge on any atom is -0.385 e. The fourth-order valence-electron chi connectivity index (χ4n) is 3.31. The predicted octanol–water partition coefficient (Wildman–Crippen LogP) is 3.22. The van der Waals surface area contributed by atoms with Gasteiger partial charge in [0.1, 0.15) is 0 Å². The van der Waals surface area contributed by atoms with Crippen LogP contribution in [0.2, 0.25) is 0 Å². The van der Waals surface area contributed by atoms with Crippen molar-refractivity contribution >= 4 is 0 Å². The molecule has 0 aromatic carbocycles. The molecule has 0 aliphatic heterocycles. The van der Waals surface area contributed by atoms with Crippen LogP contribution in [0, 0.1) is 17.8 Å². The van der Waals surface area contributed by atoms with Crippen LogP contribution < -0.4 is 5.32 Å². The van der Waals surface area contributed by atoms with E-state index in [0.29, 0.717) is 0 Å². The van der Waals surface area contributed by atoms with Crippen molar-refractivity contribution in [1.82, 2.24) is 5.32 Å². The van der Waals surface area contributed by atoms with E-state index in [1.54, 1.807) is 7.11 Å². The first-order valence-corrected chi connectivity index (χ1v) is 7.59. The van der Waals surface area contributed by atoms with Crippen LogP contribution in [-0.2, 0) is 4.74 Å². The number of ether oxygens (including phenoxy) is 1. The van der Waals surface area contributed by atoms with Gasteiger partial charge in [0.25, 0.3) is 0 Å². The summed E-state index contributed by atoms with van der Waals surface area (Å²) in [4.78, 5) is 0. The first-order valence-electron chi connectivity index (χ1n) is 7.59. The lowest BCUT2D eigenvalue weighted by Crippen LogP contribution is -2.38. The van der Waals surface area contributed by atoms with E-state index in [1.807, 2.05) is 0 Å². The lowest BCUT2D eigenvalue weighted by atomic mass is 9.86. The van der Waals surface area contributed by atoms with Crippen LogP contribution in [-0.4, -0.2) is 26.3 Å². The summed E-state index contributed by atoms with van der Waals surface area (Å²) >= 11 is 0. The van der Waals surface area contributed by atoms with Crippen LogP contribution in [0.1, 0.15) is 51.9 Å². The largest absolute Gasteiger partial charge is 0.385 e. The molecule has 1 atom stereocenters. The summed E-state index contributed by atoms with van der Waals surface area (Å²) in [7, 11) is 1.80. The second kappa shape index (κ2) is 6.75. The quantitative estimate of drug-likeness (QED) is 0.591. The summed E-state index contributed by atoms with van der Waals surface area (Å²) in [6, 6.07) is 0.789. The average Bonchev–Trinajstić information content (AvgIpc) is 3.17. The number of hydrogen-bond acceptors (Lipinski definition) is 2. The van der Waals surface area contributed by atoms with Crippen molar-refractivity contribution in [3.63, 3.8) is 0 Å². The molecule has 0 spiro atoms. The van der Waals surface area contributed by atoms with Gasteiger partial charge in [-0.05, 0) is 69.2 Å². The molecule has 0 amide bonds. The molecule has 0 radical (unpaired) electrons. The van der Waals surface area contributed by atoms with Crippen LogP contribution in [0.3, 0.4) is 0 Å². The van der Waals surface area contributed by atoms with Crippen molar-refractivity contribution in [3.05, 3.63) is 0 Å². The molecule has 100 valence electrons. The highest BCUT2D eigenvalue weighted by Gasteiger charge is 2.44. The summed E-state index contributed by atoms with van der Waals surface area (Å²) in [5, 5.41) is 3.76. The predicted molar refractivity (Wildman–Crippen MR) is 72.1 cm³/mol. The van der Waals surface area contributed by atoms with Crippen molar-refractivity contribution in [3.8, 4) is 0 Å². The van der Waals surface area contributed by atoms with E-state index in [-0.39, 0.29) is 0 Å². The highest BCUT2D eigenvalue weighted by atomic mass is 16.5. The fraction of sp³-hybridized carbons (Fsp3) is 1.00. The van der Waals surface area contributed by atoms with Gasteiger partial charge < -0.3 is 10.1 Å². The molecule has 0 saturated heterocycles. The molecule has 2 rings (SSSR count). The Bertz CT molecular complexity index is 199. The molecular weight excluding hydrogens is 210 g/mol. The first kappa shape index (κ1) is 13.4. The van der Waals surface area contributed by atoms with Gasteiger partial charge in [-0.2, -0.15) is 0 Å². The number of nitrogens with one attached hydrogen (secondary N) is 1. The second-order valence-corrected chi connectivity index (χ2v) is 5.90. The molecular formula is C15H29NO. The highest BCUT2D eigenvalue weighted by Crippen LogP contribution is 2.51. The lowest BCUT2D eigenvalue weighted by molar-refractivity contribution is 0.186. The van der Waals surface area contributed by atoms with E-state index in [0.717, 1.165) is 36.9 Å². The van der Waals surface area contributed by atoms with E-state index in [9.17, 15) is 0 Å². The SMILES string of the molecule is CCNC(CCCCOC)C(C1CC1)C1CC1. The Labute approximate surface area is 107 Å². The Morgan fingerprint density at radius 1 is 1.12 bits per heavy atom. The third-order valence-corrected chi connectivity index (χ3v) is 4.38. The van der Waals surface area contributed by atoms with Gasteiger partial charge in [-0.25, -0.2) is 0 Å². The summed E-state index contributed by atoms with van der Waals surface area (Å²) in [6.07, 6.45) is 9.90. The van der Waals surface area contributed by atoms with Crippen molar-refractivity contribution in [2.45, 2.75) is 57.9 Å². The minimum absolute atomic E-state index is 0.789. The Morgan fingerprint density at radius 3 is 2.24 bits per heavy atom. The number of unbranched alkanes of at least 4 members (excludes halogenated alkanes) is 1. The Hall–Kier alpha value is -0.0800. The van der Waals surface area contributed by atoms with Crippen LogP contribution in [0.15, 0.2) is 0 Å². The molecule has 2 aliphatic rings. The van der Waals surface area contributed by atoms with E-state index < -0.39 is 0 Å². The summed E-state index contributed by atoms with van der Waals surface area (Å²) in [6.45, 7) is 4.31. The summed E-state index contributed by atoms with van der Waals surface area (Å²) in [5.74, 6) is 3.13. The molecule has 2 saturated carbocycles. The first-order chi connectivity index (χ1) is 8.36. The highest BCUT2D eigenvalue weighted by molar-refractivity contribution is 4.97. The van der Waals surface area contributed by atoms with Crippen molar-refractivity contribution in [2.75, 3.05) is 20.3 Å². The molecule has 0 heterocycles. The van der Waals surface area contributed by atoms with E-state index in [2.05, 4.69) is 12.2 Å². The van der Waals surface area contributed by atoms with Gasteiger partial charge >= 0.3 is 0 Å². The van der Waals surface area contributed by atoms with Crippen LogP contribution in [0.5, 0.6) is 0 Å². The topological polar surface area (TPSA) is 21.3 Å². The van der Waals surface area contributed by atoms with Gasteiger partial charge in [0.2, 0.25) is 0 Å². The Balaban J connectivity index is 1.76. The maximum atomic E-state index is 5.14. The zero-order chi connectivity index (χ0) is 12.1. The van der Waals surface area contributed by atoms with Crippen LogP contribution >= 0.6 is 0 Å². The molecule has 0 aromatic heterocycles. The Morgan fingerprint density at radius 2 is 1.76 bits per heavy atom. The summed E-state index contributed by atoms with van der Waals surface area (Å²) < 4.78 is 5.14. The zero-order valence-corrected chi connectivity index (χ0v) is 11.6. The zero-order valence-electron chi connectivity index (χ0n) is 11.6. The number of methoxy groups -OCH3 is 1. The second-order valence-electron chi connectivity index (χ2n) is 5.90. The van der Waals surface area contributed by atoms with E-state index >= 15 is 0 Å². The van der Waals surface area contributed by atoms with Gasteiger partial charge in [-0.3, -0.25) is 0 Å². The van der Waals surface area contributed by atoms with Crippen molar-refractivity contribution in [1.29, 1.82) is 0 Å². The van der Waals surface area contributed by atoms with Crippen molar-refractivity contribution < 1.29 is 4.74 Å². The van der Waals surface area contributed by atoms with E-state index in [1.165, 1.54) is 44.9 Å². The molecule has 1 unspecified atom stereocenters. The minimum atomic E-state index is 0.789. The number of rotatable bonds is 10. The standard InChI is InChI=1S/C15H29NO/c1-3-16-14(6-4-5-11-17-2)15(12-7-8-12)13-9-10-13/h12-16H,3-11H2,1-2H3. The molecule has 0 bridgehead atoms. The maximum Gasteiger partial charge on any atom is 0.0462 e. The molecule has 2 fully saturated rings.